The van der Waals surface area contributed by atoms with E-state index in [1.54, 1.807) is 0 Å². The molecule has 1 aliphatic heterocycles. The third-order valence-corrected chi connectivity index (χ3v) is 5.63. The van der Waals surface area contributed by atoms with E-state index >= 15 is 0 Å². The van der Waals surface area contributed by atoms with Gasteiger partial charge in [-0.1, -0.05) is 6.07 Å². The third kappa shape index (κ3) is 3.01. The molecule has 1 aromatic carbocycles. The van der Waals surface area contributed by atoms with Crippen LogP contribution in [0.4, 0.5) is 11.4 Å². The summed E-state index contributed by atoms with van der Waals surface area (Å²) < 4.78 is 0. The van der Waals surface area contributed by atoms with Crippen LogP contribution in [0.2, 0.25) is 0 Å². The zero-order valence-electron chi connectivity index (χ0n) is 9.53. The van der Waals surface area contributed by atoms with E-state index in [-0.39, 0.29) is 0 Å². The largest absolute Gasteiger partial charge is 0.398 e. The van der Waals surface area contributed by atoms with Crippen LogP contribution in [0, 0.1) is 6.92 Å². The van der Waals surface area contributed by atoms with E-state index in [1.165, 1.54) is 22.9 Å². The summed E-state index contributed by atoms with van der Waals surface area (Å²) in [4.78, 5) is 0. The van der Waals surface area contributed by atoms with Gasteiger partial charge in [0.1, 0.15) is 0 Å². The number of nitrogens with one attached hydrogen (secondary N) is 1. The van der Waals surface area contributed by atoms with E-state index in [9.17, 15) is 0 Å². The maximum absolute atomic E-state index is 5.88. The molecule has 3 N–H and O–H groups in total. The molecule has 1 aliphatic rings. The smallest absolute Gasteiger partial charge is 0.0390 e. The fraction of sp³-hybridized carbons (Fsp3) is 0.500. The van der Waals surface area contributed by atoms with Crippen LogP contribution in [0.5, 0.6) is 0 Å². The van der Waals surface area contributed by atoms with Gasteiger partial charge in [-0.25, -0.2) is 0 Å². The van der Waals surface area contributed by atoms with Crippen molar-refractivity contribution in [1.29, 1.82) is 0 Å². The molecule has 16 heavy (non-hydrogen) atoms. The van der Waals surface area contributed by atoms with Crippen molar-refractivity contribution in [2.75, 3.05) is 34.9 Å². The van der Waals surface area contributed by atoms with Gasteiger partial charge in [0.15, 0.2) is 0 Å². The van der Waals surface area contributed by atoms with Gasteiger partial charge in [0.25, 0.3) is 0 Å². The number of anilines is 2. The Balaban J connectivity index is 1.91. The van der Waals surface area contributed by atoms with Crippen molar-refractivity contribution in [1.82, 2.24) is 0 Å². The summed E-state index contributed by atoms with van der Waals surface area (Å²) in [6.07, 6.45) is 0. The fourth-order valence-electron chi connectivity index (χ4n) is 1.72. The number of nitrogen functional groups attached to an aromatic ring is 1. The van der Waals surface area contributed by atoms with Crippen LogP contribution in [0.25, 0.3) is 0 Å². The Morgan fingerprint density at radius 3 is 3.06 bits per heavy atom. The highest BCUT2D eigenvalue weighted by Crippen LogP contribution is 2.25. The van der Waals surface area contributed by atoms with Crippen molar-refractivity contribution in [3.05, 3.63) is 23.8 Å². The second-order valence-corrected chi connectivity index (χ2v) is 6.53. The molecule has 1 saturated heterocycles. The molecule has 2 rings (SSSR count). The first kappa shape index (κ1) is 12.0. The number of thioether (sulfide) groups is 2. The van der Waals surface area contributed by atoms with Gasteiger partial charge in [-0.3, -0.25) is 0 Å². The van der Waals surface area contributed by atoms with Gasteiger partial charge in [-0.2, -0.15) is 23.5 Å². The van der Waals surface area contributed by atoms with Crippen molar-refractivity contribution in [2.24, 2.45) is 0 Å². The van der Waals surface area contributed by atoms with E-state index < -0.39 is 0 Å². The second-order valence-electron chi connectivity index (χ2n) is 3.97. The van der Waals surface area contributed by atoms with Gasteiger partial charge in [0.2, 0.25) is 0 Å². The summed E-state index contributed by atoms with van der Waals surface area (Å²) >= 11 is 4.14. The van der Waals surface area contributed by atoms with E-state index in [2.05, 4.69) is 41.8 Å². The summed E-state index contributed by atoms with van der Waals surface area (Å²) in [6.45, 7) is 3.11. The van der Waals surface area contributed by atoms with Gasteiger partial charge in [0.05, 0.1) is 0 Å². The number of hydrogen-bond acceptors (Lipinski definition) is 4. The Labute approximate surface area is 106 Å². The first-order valence-electron chi connectivity index (χ1n) is 5.55. The van der Waals surface area contributed by atoms with Crippen molar-refractivity contribution in [3.8, 4) is 0 Å². The van der Waals surface area contributed by atoms with Crippen LogP contribution >= 0.6 is 23.5 Å². The van der Waals surface area contributed by atoms with Gasteiger partial charge in [-0.15, -0.1) is 0 Å². The van der Waals surface area contributed by atoms with Gasteiger partial charge in [-0.05, 0) is 24.6 Å². The number of nitrogens with two attached hydrogens (primary N) is 1. The Morgan fingerprint density at radius 2 is 2.31 bits per heavy atom. The summed E-state index contributed by atoms with van der Waals surface area (Å²) in [5, 5.41) is 4.25. The number of rotatable bonds is 3. The molecule has 0 aromatic heterocycles. The van der Waals surface area contributed by atoms with Crippen LogP contribution in [0.1, 0.15) is 5.56 Å². The van der Waals surface area contributed by atoms with Gasteiger partial charge >= 0.3 is 0 Å². The third-order valence-electron chi connectivity index (χ3n) is 2.78. The molecule has 0 bridgehead atoms. The molecule has 1 atom stereocenters. The Bertz CT molecular complexity index is 349. The molecule has 1 aromatic rings. The minimum atomic E-state index is 0.736. The molecule has 88 valence electrons. The molecule has 0 radical (unpaired) electrons. The lowest BCUT2D eigenvalue weighted by Gasteiger charge is -2.22. The molecule has 1 heterocycles. The Morgan fingerprint density at radius 1 is 1.44 bits per heavy atom. The fourth-order valence-corrected chi connectivity index (χ4v) is 4.34. The zero-order valence-corrected chi connectivity index (χ0v) is 11.2. The number of benzene rings is 1. The van der Waals surface area contributed by atoms with Crippen LogP contribution in [0.3, 0.4) is 0 Å². The zero-order chi connectivity index (χ0) is 11.4. The normalized spacial score (nSPS) is 20.7. The first-order chi connectivity index (χ1) is 7.77. The summed E-state index contributed by atoms with van der Waals surface area (Å²) in [5.74, 6) is 3.85. The standard InChI is InChI=1S/C12H18N2S2/c1-9-11(13)3-2-4-12(9)14-7-10-8-15-5-6-16-10/h2-4,10,14H,5-8,13H2,1H3. The lowest BCUT2D eigenvalue weighted by atomic mass is 10.1. The quantitative estimate of drug-likeness (QED) is 0.814. The van der Waals surface area contributed by atoms with Crippen LogP contribution < -0.4 is 11.1 Å². The van der Waals surface area contributed by atoms with Crippen molar-refractivity contribution < 1.29 is 0 Å². The maximum Gasteiger partial charge on any atom is 0.0390 e. The predicted octanol–water partition coefficient (Wildman–Crippen LogP) is 2.84. The Kier molecular flexibility index (Phi) is 4.29. The molecule has 0 amide bonds. The highest BCUT2D eigenvalue weighted by molar-refractivity contribution is 8.06. The molecule has 0 aliphatic carbocycles. The average Bonchev–Trinajstić information content (AvgIpc) is 2.32. The lowest BCUT2D eigenvalue weighted by molar-refractivity contribution is 1.00. The molecule has 4 heteroatoms. The van der Waals surface area contributed by atoms with E-state index in [4.69, 9.17) is 5.73 Å². The van der Waals surface area contributed by atoms with Crippen LogP contribution in [-0.2, 0) is 0 Å². The van der Waals surface area contributed by atoms with Crippen molar-refractivity contribution >= 4 is 34.9 Å². The molecule has 2 nitrogen and oxygen atoms in total. The topological polar surface area (TPSA) is 38.0 Å². The maximum atomic E-state index is 5.88. The first-order valence-corrected chi connectivity index (χ1v) is 7.76. The molecule has 0 spiro atoms. The summed E-state index contributed by atoms with van der Waals surface area (Å²) in [5.41, 5.74) is 9.09. The summed E-state index contributed by atoms with van der Waals surface area (Å²) in [6, 6.07) is 6.06. The number of hydrogen-bond donors (Lipinski definition) is 2. The van der Waals surface area contributed by atoms with Crippen molar-refractivity contribution in [3.63, 3.8) is 0 Å². The highest BCUT2D eigenvalue weighted by Gasteiger charge is 2.14. The second kappa shape index (κ2) is 5.73. The van der Waals surface area contributed by atoms with Crippen LogP contribution in [0.15, 0.2) is 18.2 Å². The van der Waals surface area contributed by atoms with Crippen molar-refractivity contribution in [2.45, 2.75) is 12.2 Å². The predicted molar refractivity (Wildman–Crippen MR) is 77.7 cm³/mol. The molecular weight excluding hydrogens is 236 g/mol. The molecule has 0 saturated carbocycles. The molecule has 1 fully saturated rings. The van der Waals surface area contributed by atoms with Crippen LogP contribution in [-0.4, -0.2) is 29.1 Å². The lowest BCUT2D eigenvalue weighted by Crippen LogP contribution is -2.23. The molecule has 1 unspecified atom stereocenters. The van der Waals surface area contributed by atoms with Gasteiger partial charge < -0.3 is 11.1 Å². The molecular formula is C12H18N2S2. The minimum Gasteiger partial charge on any atom is -0.398 e. The summed E-state index contributed by atoms with van der Waals surface area (Å²) in [7, 11) is 0. The SMILES string of the molecule is Cc1c(N)cccc1NCC1CSCCS1. The van der Waals surface area contributed by atoms with E-state index in [0.717, 1.165) is 23.0 Å². The van der Waals surface area contributed by atoms with E-state index in [0.29, 0.717) is 0 Å². The van der Waals surface area contributed by atoms with E-state index in [1.807, 2.05) is 12.1 Å². The van der Waals surface area contributed by atoms with Gasteiger partial charge in [0, 0.05) is 40.4 Å². The minimum absolute atomic E-state index is 0.736. The monoisotopic (exact) mass is 254 g/mol. The Hall–Kier alpha value is -0.480. The highest BCUT2D eigenvalue weighted by atomic mass is 32.2. The average molecular weight is 254 g/mol.